The van der Waals surface area contributed by atoms with Crippen molar-refractivity contribution in [1.29, 1.82) is 0 Å². The summed E-state index contributed by atoms with van der Waals surface area (Å²) < 4.78 is 13.2. The van der Waals surface area contributed by atoms with Gasteiger partial charge in [0.25, 0.3) is 0 Å². The number of halogens is 1. The Labute approximate surface area is 93.7 Å². The van der Waals surface area contributed by atoms with E-state index in [0.717, 1.165) is 5.75 Å². The molecule has 1 aromatic heterocycles. The van der Waals surface area contributed by atoms with Crippen molar-refractivity contribution in [2.45, 2.75) is 25.4 Å². The molecule has 4 heteroatoms. The van der Waals surface area contributed by atoms with Gasteiger partial charge in [0.05, 0.1) is 5.69 Å². The van der Waals surface area contributed by atoms with Crippen molar-refractivity contribution in [1.82, 2.24) is 10.3 Å². The molecule has 0 aliphatic carbocycles. The van der Waals surface area contributed by atoms with Crippen LogP contribution < -0.4 is 5.32 Å². The fourth-order valence-electron chi connectivity index (χ4n) is 1.69. The quantitative estimate of drug-likeness (QED) is 0.855. The van der Waals surface area contributed by atoms with E-state index in [2.05, 4.69) is 10.3 Å². The first kappa shape index (κ1) is 10.9. The second kappa shape index (κ2) is 5.47. The topological polar surface area (TPSA) is 24.9 Å². The van der Waals surface area contributed by atoms with Crippen molar-refractivity contribution in [3.63, 3.8) is 0 Å². The Balaban J connectivity index is 1.84. The zero-order valence-electron chi connectivity index (χ0n) is 8.58. The summed E-state index contributed by atoms with van der Waals surface area (Å²) in [7, 11) is 0. The smallest absolute Gasteiger partial charge is 0.146 e. The third-order valence-corrected chi connectivity index (χ3v) is 3.77. The van der Waals surface area contributed by atoms with Crippen molar-refractivity contribution in [3.05, 3.63) is 29.8 Å². The molecule has 1 atom stereocenters. The highest BCUT2D eigenvalue weighted by molar-refractivity contribution is 7.99. The molecule has 1 N–H and O–H groups in total. The standard InChI is InChI=1S/C11H15FN2S/c12-10-4-1-5-13-11(10)7-14-9-3-2-6-15-8-9/h1,4-5,9,14H,2-3,6-8H2. The highest BCUT2D eigenvalue weighted by Crippen LogP contribution is 2.17. The van der Waals surface area contributed by atoms with Crippen LogP contribution in [0, 0.1) is 5.82 Å². The molecule has 2 heterocycles. The van der Waals surface area contributed by atoms with Crippen molar-refractivity contribution >= 4 is 11.8 Å². The molecular formula is C11H15FN2S. The number of nitrogens with one attached hydrogen (secondary N) is 1. The van der Waals surface area contributed by atoms with Gasteiger partial charge >= 0.3 is 0 Å². The van der Waals surface area contributed by atoms with Gasteiger partial charge in [-0.1, -0.05) is 0 Å². The predicted molar refractivity (Wildman–Crippen MR) is 61.4 cm³/mol. The molecular weight excluding hydrogens is 211 g/mol. The molecule has 0 amide bonds. The van der Waals surface area contributed by atoms with Crippen LogP contribution in [0.1, 0.15) is 18.5 Å². The lowest BCUT2D eigenvalue weighted by Crippen LogP contribution is -2.33. The van der Waals surface area contributed by atoms with Crippen LogP contribution in [-0.2, 0) is 6.54 Å². The van der Waals surface area contributed by atoms with Gasteiger partial charge in [-0.15, -0.1) is 0 Å². The van der Waals surface area contributed by atoms with Gasteiger partial charge in [-0.2, -0.15) is 11.8 Å². The van der Waals surface area contributed by atoms with Crippen LogP contribution in [0.5, 0.6) is 0 Å². The molecule has 2 rings (SSSR count). The highest BCUT2D eigenvalue weighted by Gasteiger charge is 2.13. The number of hydrogen-bond donors (Lipinski definition) is 1. The van der Waals surface area contributed by atoms with E-state index in [0.29, 0.717) is 18.3 Å². The normalized spacial score (nSPS) is 21.5. The number of rotatable bonds is 3. The van der Waals surface area contributed by atoms with Crippen molar-refractivity contribution in [3.8, 4) is 0 Å². The Morgan fingerprint density at radius 1 is 1.60 bits per heavy atom. The Kier molecular flexibility index (Phi) is 3.97. The van der Waals surface area contributed by atoms with E-state index in [-0.39, 0.29) is 5.82 Å². The molecule has 0 radical (unpaired) electrons. The Hall–Kier alpha value is -0.610. The molecule has 0 bridgehead atoms. The van der Waals surface area contributed by atoms with Gasteiger partial charge in [0.2, 0.25) is 0 Å². The van der Waals surface area contributed by atoms with E-state index in [9.17, 15) is 4.39 Å². The first-order valence-electron chi connectivity index (χ1n) is 5.27. The lowest BCUT2D eigenvalue weighted by molar-refractivity contribution is 0.489. The fourth-order valence-corrected chi connectivity index (χ4v) is 2.80. The second-order valence-corrected chi connectivity index (χ2v) is 4.88. The number of aromatic nitrogens is 1. The molecule has 1 aliphatic rings. The fraction of sp³-hybridized carbons (Fsp3) is 0.545. The minimum absolute atomic E-state index is 0.214. The third kappa shape index (κ3) is 3.18. The van der Waals surface area contributed by atoms with Gasteiger partial charge in [-0.05, 0) is 30.7 Å². The molecule has 82 valence electrons. The van der Waals surface area contributed by atoms with Crippen LogP contribution in [0.2, 0.25) is 0 Å². The summed E-state index contributed by atoms with van der Waals surface area (Å²) in [6.45, 7) is 0.540. The van der Waals surface area contributed by atoms with Crippen LogP contribution in [0.25, 0.3) is 0 Å². The Morgan fingerprint density at radius 3 is 3.27 bits per heavy atom. The predicted octanol–water partition coefficient (Wildman–Crippen LogP) is 2.21. The largest absolute Gasteiger partial charge is 0.307 e. The van der Waals surface area contributed by atoms with E-state index in [1.165, 1.54) is 24.7 Å². The van der Waals surface area contributed by atoms with Gasteiger partial charge in [0, 0.05) is 24.5 Å². The zero-order chi connectivity index (χ0) is 10.5. The number of thioether (sulfide) groups is 1. The van der Waals surface area contributed by atoms with E-state index in [1.807, 2.05) is 11.8 Å². The second-order valence-electron chi connectivity index (χ2n) is 3.73. The first-order chi connectivity index (χ1) is 7.36. The molecule has 0 spiro atoms. The van der Waals surface area contributed by atoms with Gasteiger partial charge in [0.1, 0.15) is 5.82 Å². The molecule has 0 saturated carbocycles. The summed E-state index contributed by atoms with van der Waals surface area (Å²) in [5.41, 5.74) is 0.521. The van der Waals surface area contributed by atoms with Crippen molar-refractivity contribution in [2.24, 2.45) is 0 Å². The van der Waals surface area contributed by atoms with Crippen molar-refractivity contribution in [2.75, 3.05) is 11.5 Å². The average molecular weight is 226 g/mol. The maximum Gasteiger partial charge on any atom is 0.146 e. The summed E-state index contributed by atoms with van der Waals surface area (Å²) in [5, 5.41) is 3.36. The SMILES string of the molecule is Fc1cccnc1CNC1CCCSC1. The Bertz CT molecular complexity index is 313. The lowest BCUT2D eigenvalue weighted by atomic mass is 10.2. The summed E-state index contributed by atoms with van der Waals surface area (Å²) in [6, 6.07) is 3.60. The minimum Gasteiger partial charge on any atom is -0.307 e. The minimum atomic E-state index is -0.214. The van der Waals surface area contributed by atoms with Crippen LogP contribution >= 0.6 is 11.8 Å². The van der Waals surface area contributed by atoms with Gasteiger partial charge in [-0.3, -0.25) is 4.98 Å². The van der Waals surface area contributed by atoms with E-state index in [4.69, 9.17) is 0 Å². The average Bonchev–Trinajstić information content (AvgIpc) is 2.29. The van der Waals surface area contributed by atoms with Crippen LogP contribution in [-0.4, -0.2) is 22.5 Å². The molecule has 1 fully saturated rings. The molecule has 0 aromatic carbocycles. The zero-order valence-corrected chi connectivity index (χ0v) is 9.39. The lowest BCUT2D eigenvalue weighted by Gasteiger charge is -2.22. The van der Waals surface area contributed by atoms with E-state index < -0.39 is 0 Å². The summed E-state index contributed by atoms with van der Waals surface area (Å²) in [6.07, 6.45) is 4.09. The van der Waals surface area contributed by atoms with Gasteiger partial charge in [-0.25, -0.2) is 4.39 Å². The molecule has 1 aliphatic heterocycles. The molecule has 1 saturated heterocycles. The van der Waals surface area contributed by atoms with Crippen LogP contribution in [0.15, 0.2) is 18.3 Å². The molecule has 1 aromatic rings. The maximum atomic E-state index is 13.2. The van der Waals surface area contributed by atoms with Crippen molar-refractivity contribution < 1.29 is 4.39 Å². The Morgan fingerprint density at radius 2 is 2.53 bits per heavy atom. The third-order valence-electron chi connectivity index (χ3n) is 2.55. The van der Waals surface area contributed by atoms with Crippen LogP contribution in [0.3, 0.4) is 0 Å². The number of nitrogens with zero attached hydrogens (tertiary/aromatic N) is 1. The summed E-state index contributed by atoms with van der Waals surface area (Å²) >= 11 is 1.97. The van der Waals surface area contributed by atoms with Gasteiger partial charge < -0.3 is 5.32 Å². The summed E-state index contributed by atoms with van der Waals surface area (Å²) in [4.78, 5) is 4.02. The highest BCUT2D eigenvalue weighted by atomic mass is 32.2. The molecule has 2 nitrogen and oxygen atoms in total. The van der Waals surface area contributed by atoms with Crippen LogP contribution in [0.4, 0.5) is 4.39 Å². The van der Waals surface area contributed by atoms with E-state index >= 15 is 0 Å². The van der Waals surface area contributed by atoms with E-state index in [1.54, 1.807) is 12.3 Å². The number of pyridine rings is 1. The number of hydrogen-bond acceptors (Lipinski definition) is 3. The molecule has 1 unspecified atom stereocenters. The maximum absolute atomic E-state index is 13.2. The summed E-state index contributed by atoms with van der Waals surface area (Å²) in [5.74, 6) is 2.18. The molecule has 15 heavy (non-hydrogen) atoms. The monoisotopic (exact) mass is 226 g/mol. The van der Waals surface area contributed by atoms with Gasteiger partial charge in [0.15, 0.2) is 0 Å². The first-order valence-corrected chi connectivity index (χ1v) is 6.42.